The molecular weight excluding hydrogens is 306 g/mol. The summed E-state index contributed by atoms with van der Waals surface area (Å²) in [5.41, 5.74) is 0.365. The number of para-hydroxylation sites is 1. The Balaban J connectivity index is 2.28. The van der Waals surface area contributed by atoms with Gasteiger partial charge in [-0.15, -0.1) is 0 Å². The minimum absolute atomic E-state index is 0.129. The smallest absolute Gasteiger partial charge is 0.332 e. The Morgan fingerprint density at radius 2 is 2.11 bits per heavy atom. The van der Waals surface area contributed by atoms with Crippen LogP contribution in [0.1, 0.15) is 33.1 Å². The van der Waals surface area contributed by atoms with E-state index in [-0.39, 0.29) is 5.97 Å². The molecule has 0 aromatic heterocycles. The maximum atomic E-state index is 12.4. The molecule has 1 aromatic rings. The van der Waals surface area contributed by atoms with Gasteiger partial charge in [0.25, 0.3) is 0 Å². The lowest BCUT2D eigenvalue weighted by atomic mass is 9.89. The highest BCUT2D eigenvalue weighted by Crippen LogP contribution is 2.45. The van der Waals surface area contributed by atoms with E-state index >= 15 is 0 Å². The fraction of sp³-hybridized carbons (Fsp3) is 0.533. The van der Waals surface area contributed by atoms with Crippen molar-refractivity contribution in [3.63, 3.8) is 0 Å². The van der Waals surface area contributed by atoms with Crippen LogP contribution in [0.4, 0.5) is 5.69 Å². The molecule has 104 valence electrons. The molecule has 1 N–H and O–H groups in total. The molecule has 0 heterocycles. The molecule has 0 spiro atoms. The monoisotopic (exact) mass is 325 g/mol. The Kier molecular flexibility index (Phi) is 4.50. The third kappa shape index (κ3) is 2.94. The van der Waals surface area contributed by atoms with Gasteiger partial charge in [-0.1, -0.05) is 19.1 Å². The van der Waals surface area contributed by atoms with Crippen LogP contribution in [0, 0.1) is 5.92 Å². The van der Waals surface area contributed by atoms with Crippen LogP contribution in [0.5, 0.6) is 0 Å². The highest BCUT2D eigenvalue weighted by atomic mass is 79.9. The zero-order chi connectivity index (χ0) is 13.9. The Labute approximate surface area is 122 Å². The lowest BCUT2D eigenvalue weighted by Crippen LogP contribution is -2.49. The fourth-order valence-corrected chi connectivity index (χ4v) is 2.86. The summed E-state index contributed by atoms with van der Waals surface area (Å²) in [7, 11) is 0. The first-order valence-corrected chi connectivity index (χ1v) is 7.63. The summed E-state index contributed by atoms with van der Waals surface area (Å²) < 4.78 is 6.27. The van der Waals surface area contributed by atoms with Crippen LogP contribution in [0.2, 0.25) is 0 Å². The summed E-state index contributed by atoms with van der Waals surface area (Å²) >= 11 is 3.52. The third-order valence-electron chi connectivity index (χ3n) is 3.70. The van der Waals surface area contributed by atoms with Gasteiger partial charge >= 0.3 is 5.97 Å². The molecule has 3 nitrogen and oxygen atoms in total. The van der Waals surface area contributed by atoms with E-state index in [4.69, 9.17) is 4.74 Å². The highest BCUT2D eigenvalue weighted by molar-refractivity contribution is 9.10. The zero-order valence-electron chi connectivity index (χ0n) is 11.4. The molecule has 0 saturated heterocycles. The first-order chi connectivity index (χ1) is 9.14. The number of rotatable bonds is 6. The Hall–Kier alpha value is -1.03. The molecule has 1 fully saturated rings. The second-order valence-corrected chi connectivity index (χ2v) is 5.78. The average molecular weight is 326 g/mol. The van der Waals surface area contributed by atoms with E-state index < -0.39 is 5.54 Å². The van der Waals surface area contributed by atoms with Crippen LogP contribution in [-0.2, 0) is 9.53 Å². The maximum Gasteiger partial charge on any atom is 0.332 e. The molecule has 1 unspecified atom stereocenters. The molecule has 1 aliphatic rings. The van der Waals surface area contributed by atoms with E-state index in [0.717, 1.165) is 29.4 Å². The van der Waals surface area contributed by atoms with Crippen LogP contribution >= 0.6 is 15.9 Å². The number of carbonyl (C=O) groups is 1. The number of anilines is 1. The minimum Gasteiger partial charge on any atom is -0.464 e. The second kappa shape index (κ2) is 5.95. The molecule has 1 aliphatic carbocycles. The van der Waals surface area contributed by atoms with Crippen molar-refractivity contribution in [3.8, 4) is 0 Å². The second-order valence-electron chi connectivity index (χ2n) is 4.92. The summed E-state index contributed by atoms with van der Waals surface area (Å²) in [4.78, 5) is 12.4. The first kappa shape index (κ1) is 14.4. The van der Waals surface area contributed by atoms with Crippen LogP contribution in [0.15, 0.2) is 28.7 Å². The van der Waals surface area contributed by atoms with Crippen molar-refractivity contribution in [3.05, 3.63) is 28.7 Å². The first-order valence-electron chi connectivity index (χ1n) is 6.84. The maximum absolute atomic E-state index is 12.4. The normalized spacial score (nSPS) is 17.6. The van der Waals surface area contributed by atoms with Gasteiger partial charge in [0.1, 0.15) is 5.54 Å². The zero-order valence-corrected chi connectivity index (χ0v) is 13.0. The Morgan fingerprint density at radius 3 is 2.63 bits per heavy atom. The topological polar surface area (TPSA) is 38.3 Å². The van der Waals surface area contributed by atoms with Crippen LogP contribution in [0.3, 0.4) is 0 Å². The van der Waals surface area contributed by atoms with Crippen LogP contribution < -0.4 is 5.32 Å². The molecule has 0 aliphatic heterocycles. The van der Waals surface area contributed by atoms with Crippen LogP contribution in [0.25, 0.3) is 0 Å². The van der Waals surface area contributed by atoms with Gasteiger partial charge in [0.05, 0.1) is 6.61 Å². The lowest BCUT2D eigenvalue weighted by Gasteiger charge is -2.33. The number of ether oxygens (including phenoxy) is 1. The van der Waals surface area contributed by atoms with Gasteiger partial charge in [-0.2, -0.15) is 0 Å². The third-order valence-corrected chi connectivity index (χ3v) is 4.39. The van der Waals surface area contributed by atoms with E-state index in [1.807, 2.05) is 38.1 Å². The van der Waals surface area contributed by atoms with Gasteiger partial charge in [0.2, 0.25) is 0 Å². The predicted octanol–water partition coefficient (Wildman–Crippen LogP) is 3.98. The number of halogens is 1. The number of carbonyl (C=O) groups excluding carboxylic acids is 1. The summed E-state index contributed by atoms with van der Waals surface area (Å²) in [5.74, 6) is 0.249. The van der Waals surface area contributed by atoms with Gasteiger partial charge < -0.3 is 10.1 Å². The van der Waals surface area contributed by atoms with Crippen molar-refractivity contribution in [2.24, 2.45) is 5.92 Å². The molecule has 1 aromatic carbocycles. The van der Waals surface area contributed by atoms with Crippen molar-refractivity contribution in [1.29, 1.82) is 0 Å². The molecule has 0 amide bonds. The van der Waals surface area contributed by atoms with Crippen molar-refractivity contribution < 1.29 is 9.53 Å². The van der Waals surface area contributed by atoms with Gasteiger partial charge in [-0.05, 0) is 60.2 Å². The quantitative estimate of drug-likeness (QED) is 0.804. The standard InChI is InChI=1S/C15H20BrNO2/c1-3-15(11-9-10-11,14(18)19-4-2)17-13-8-6-5-7-12(13)16/h5-8,11,17H,3-4,9-10H2,1-2H3. The molecule has 0 radical (unpaired) electrons. The van der Waals surface area contributed by atoms with Crippen LogP contribution in [-0.4, -0.2) is 18.1 Å². The summed E-state index contributed by atoms with van der Waals surface area (Å²) in [6, 6.07) is 7.88. The van der Waals surface area contributed by atoms with Gasteiger partial charge in [-0.3, -0.25) is 0 Å². The number of benzene rings is 1. The van der Waals surface area contributed by atoms with Crippen molar-refractivity contribution in [1.82, 2.24) is 0 Å². The van der Waals surface area contributed by atoms with E-state index in [1.54, 1.807) is 0 Å². The SMILES string of the molecule is CCOC(=O)C(CC)(Nc1ccccc1Br)C1CC1. The lowest BCUT2D eigenvalue weighted by molar-refractivity contribution is -0.149. The number of nitrogens with one attached hydrogen (secondary N) is 1. The molecular formula is C15H20BrNO2. The molecule has 4 heteroatoms. The molecule has 1 saturated carbocycles. The predicted molar refractivity (Wildman–Crippen MR) is 80.1 cm³/mol. The van der Waals surface area contributed by atoms with E-state index in [1.165, 1.54) is 0 Å². The highest BCUT2D eigenvalue weighted by Gasteiger charge is 2.51. The summed E-state index contributed by atoms with van der Waals surface area (Å²) in [6.07, 6.45) is 2.91. The van der Waals surface area contributed by atoms with Gasteiger partial charge in [0.15, 0.2) is 0 Å². The largest absolute Gasteiger partial charge is 0.464 e. The fourth-order valence-electron chi connectivity index (χ4n) is 2.48. The van der Waals surface area contributed by atoms with E-state index in [2.05, 4.69) is 21.2 Å². The Bertz CT molecular complexity index is 459. The summed E-state index contributed by atoms with van der Waals surface area (Å²) in [6.45, 7) is 4.31. The molecule has 0 bridgehead atoms. The minimum atomic E-state index is -0.583. The van der Waals surface area contributed by atoms with Gasteiger partial charge in [-0.25, -0.2) is 4.79 Å². The number of esters is 1. The number of hydrogen-bond acceptors (Lipinski definition) is 3. The van der Waals surface area contributed by atoms with Gasteiger partial charge in [0, 0.05) is 10.2 Å². The molecule has 19 heavy (non-hydrogen) atoms. The molecule has 1 atom stereocenters. The number of hydrogen-bond donors (Lipinski definition) is 1. The van der Waals surface area contributed by atoms with E-state index in [0.29, 0.717) is 12.5 Å². The van der Waals surface area contributed by atoms with E-state index in [9.17, 15) is 4.79 Å². The van der Waals surface area contributed by atoms with Crippen molar-refractivity contribution in [2.45, 2.75) is 38.6 Å². The Morgan fingerprint density at radius 1 is 1.42 bits per heavy atom. The average Bonchev–Trinajstić information content (AvgIpc) is 3.23. The van der Waals surface area contributed by atoms with Crippen molar-refractivity contribution in [2.75, 3.05) is 11.9 Å². The summed E-state index contributed by atoms with van der Waals surface area (Å²) in [5, 5.41) is 3.44. The molecule has 2 rings (SSSR count). The van der Waals surface area contributed by atoms with Crippen molar-refractivity contribution >= 4 is 27.6 Å².